The molecule has 210 valence electrons. The van der Waals surface area contributed by atoms with Crippen molar-refractivity contribution in [1.29, 1.82) is 0 Å². The average molecular weight is 576 g/mol. The molecule has 3 aromatic rings. The van der Waals surface area contributed by atoms with E-state index in [1.165, 1.54) is 54.1 Å². The lowest BCUT2D eigenvalue weighted by Crippen LogP contribution is -2.51. The third kappa shape index (κ3) is 5.45. The van der Waals surface area contributed by atoms with Gasteiger partial charge in [0.25, 0.3) is 10.0 Å². The van der Waals surface area contributed by atoms with Crippen LogP contribution in [0.15, 0.2) is 52.2 Å². The number of methoxy groups -OCH3 is 1. The third-order valence-corrected chi connectivity index (χ3v) is 9.66. The molecule has 39 heavy (non-hydrogen) atoms. The molecule has 0 aliphatic carbocycles. The van der Waals surface area contributed by atoms with Gasteiger partial charge in [-0.25, -0.2) is 13.2 Å². The van der Waals surface area contributed by atoms with Gasteiger partial charge in [-0.15, -0.1) is 0 Å². The van der Waals surface area contributed by atoms with Gasteiger partial charge in [-0.2, -0.15) is 3.97 Å². The van der Waals surface area contributed by atoms with Crippen LogP contribution < -0.4 is 10.4 Å². The highest BCUT2D eigenvalue weighted by atomic mass is 35.5. The molecule has 1 atom stereocenters. The molecule has 2 fully saturated rings. The number of hydrogen-bond donors (Lipinski definition) is 0. The van der Waals surface area contributed by atoms with Gasteiger partial charge < -0.3 is 14.5 Å². The van der Waals surface area contributed by atoms with Gasteiger partial charge in [-0.3, -0.25) is 14.3 Å². The number of benzene rings is 2. The molecule has 0 radical (unpaired) electrons. The Morgan fingerprint density at radius 3 is 2.41 bits per heavy atom. The largest absolute Gasteiger partial charge is 0.497 e. The van der Waals surface area contributed by atoms with Gasteiger partial charge in [0, 0.05) is 50.3 Å². The van der Waals surface area contributed by atoms with Crippen LogP contribution in [0.25, 0.3) is 11.0 Å². The van der Waals surface area contributed by atoms with E-state index in [0.29, 0.717) is 35.4 Å². The van der Waals surface area contributed by atoms with E-state index in [1.54, 1.807) is 4.90 Å². The summed E-state index contributed by atoms with van der Waals surface area (Å²) in [6, 6.07) is 10.6. The molecule has 2 saturated heterocycles. The fraction of sp³-hybridized carbons (Fsp3) is 0.481. The van der Waals surface area contributed by atoms with E-state index < -0.39 is 15.7 Å². The first-order valence-corrected chi connectivity index (χ1v) is 15.1. The Bertz CT molecular complexity index is 1510. The SMILES string of the molecule is CCCN1CCN(C2CCN(C(=O)Cn3c(=O)n(S(=O)(=O)c4ccc(OC)cc4)c4ccc(Cl)cc43)C2)CC1. The zero-order chi connectivity index (χ0) is 27.7. The summed E-state index contributed by atoms with van der Waals surface area (Å²) in [5, 5.41) is 0.339. The van der Waals surface area contributed by atoms with Crippen LogP contribution in [0.1, 0.15) is 19.8 Å². The molecule has 2 aromatic carbocycles. The number of hydrogen-bond acceptors (Lipinski definition) is 7. The number of likely N-dealkylation sites (tertiary alicyclic amines) is 1. The zero-order valence-electron chi connectivity index (χ0n) is 22.3. The molecule has 0 N–H and O–H groups in total. The smallest absolute Gasteiger partial charge is 0.343 e. The summed E-state index contributed by atoms with van der Waals surface area (Å²) in [4.78, 5) is 33.6. The maximum atomic E-state index is 13.6. The minimum atomic E-state index is -4.25. The Balaban J connectivity index is 1.38. The summed E-state index contributed by atoms with van der Waals surface area (Å²) in [6.45, 7) is 8.30. The number of carbonyl (C=O) groups is 1. The first kappa shape index (κ1) is 27.7. The summed E-state index contributed by atoms with van der Waals surface area (Å²) in [6.07, 6.45) is 2.03. The molecule has 12 heteroatoms. The summed E-state index contributed by atoms with van der Waals surface area (Å²) in [5.41, 5.74) is -0.350. The zero-order valence-corrected chi connectivity index (χ0v) is 23.8. The number of halogens is 1. The lowest BCUT2D eigenvalue weighted by atomic mass is 10.2. The van der Waals surface area contributed by atoms with Crippen molar-refractivity contribution in [3.8, 4) is 5.75 Å². The first-order chi connectivity index (χ1) is 18.7. The second-order valence-electron chi connectivity index (χ2n) is 10.1. The number of imidazole rings is 1. The van der Waals surface area contributed by atoms with Gasteiger partial charge in [0.05, 0.1) is 23.0 Å². The highest BCUT2D eigenvalue weighted by Gasteiger charge is 2.33. The number of ether oxygens (including phenoxy) is 1. The lowest BCUT2D eigenvalue weighted by molar-refractivity contribution is -0.131. The molecule has 1 aromatic heterocycles. The van der Waals surface area contributed by atoms with Crippen molar-refractivity contribution in [1.82, 2.24) is 23.2 Å². The molecule has 1 unspecified atom stereocenters. The molecule has 0 bridgehead atoms. The maximum Gasteiger partial charge on any atom is 0.343 e. The Morgan fingerprint density at radius 2 is 1.74 bits per heavy atom. The number of fused-ring (bicyclic) bond motifs is 1. The van der Waals surface area contributed by atoms with E-state index in [1.807, 2.05) is 0 Å². The summed E-state index contributed by atoms with van der Waals surface area (Å²) in [5.74, 6) is 0.276. The van der Waals surface area contributed by atoms with E-state index in [9.17, 15) is 18.0 Å². The molecule has 10 nitrogen and oxygen atoms in total. The normalized spacial score (nSPS) is 19.2. The van der Waals surface area contributed by atoms with Gasteiger partial charge in [0.15, 0.2) is 0 Å². The Kier molecular flexibility index (Phi) is 8.04. The number of amides is 1. The van der Waals surface area contributed by atoms with Crippen LogP contribution in [-0.4, -0.2) is 96.5 Å². The van der Waals surface area contributed by atoms with Crippen molar-refractivity contribution in [2.24, 2.45) is 0 Å². The lowest BCUT2D eigenvalue weighted by Gasteiger charge is -2.37. The Labute approximate surface area is 233 Å². The standard InChI is InChI=1S/C27H34ClN5O5S/c1-3-11-29-13-15-30(16-14-29)21-10-12-31(18-21)26(34)19-32-25-17-20(28)4-9-24(25)33(27(32)35)39(36,37)23-7-5-22(38-2)6-8-23/h4-9,17,21H,3,10-16,18-19H2,1-2H3. The third-order valence-electron chi connectivity index (χ3n) is 7.72. The van der Waals surface area contributed by atoms with Crippen LogP contribution >= 0.6 is 11.6 Å². The van der Waals surface area contributed by atoms with E-state index in [-0.39, 0.29) is 22.9 Å². The number of carbonyl (C=O) groups excluding carboxylic acids is 1. The van der Waals surface area contributed by atoms with Crippen LogP contribution in [0.5, 0.6) is 5.75 Å². The molecular formula is C27H34ClN5O5S. The van der Waals surface area contributed by atoms with Crippen LogP contribution in [0.4, 0.5) is 0 Å². The number of rotatable bonds is 8. The molecule has 0 spiro atoms. The van der Waals surface area contributed by atoms with Crippen molar-refractivity contribution < 1.29 is 17.9 Å². The fourth-order valence-electron chi connectivity index (χ4n) is 5.61. The minimum Gasteiger partial charge on any atom is -0.497 e. The van der Waals surface area contributed by atoms with Gasteiger partial charge in [0.2, 0.25) is 5.91 Å². The molecular weight excluding hydrogens is 542 g/mol. The van der Waals surface area contributed by atoms with Crippen molar-refractivity contribution in [2.75, 3.05) is 52.9 Å². The summed E-state index contributed by atoms with van der Waals surface area (Å²) >= 11 is 6.22. The molecule has 1 amide bonds. The molecule has 5 rings (SSSR count). The monoisotopic (exact) mass is 575 g/mol. The van der Waals surface area contributed by atoms with E-state index in [0.717, 1.165) is 49.5 Å². The van der Waals surface area contributed by atoms with Crippen molar-refractivity contribution in [2.45, 2.75) is 37.2 Å². The maximum absolute atomic E-state index is 13.6. The fourth-order valence-corrected chi connectivity index (χ4v) is 7.18. The van der Waals surface area contributed by atoms with Gasteiger partial charge >= 0.3 is 5.69 Å². The molecule has 2 aliphatic rings. The van der Waals surface area contributed by atoms with Crippen LogP contribution in [-0.2, 0) is 21.4 Å². The van der Waals surface area contributed by atoms with Crippen molar-refractivity contribution in [3.05, 3.63) is 58.0 Å². The predicted molar refractivity (Wildman–Crippen MR) is 150 cm³/mol. The van der Waals surface area contributed by atoms with Crippen molar-refractivity contribution >= 4 is 38.6 Å². The first-order valence-electron chi connectivity index (χ1n) is 13.3. The van der Waals surface area contributed by atoms with Gasteiger partial charge in [-0.1, -0.05) is 18.5 Å². The second-order valence-corrected chi connectivity index (χ2v) is 12.3. The van der Waals surface area contributed by atoms with Gasteiger partial charge in [-0.05, 0) is 61.9 Å². The minimum absolute atomic E-state index is 0.0628. The molecule has 3 heterocycles. The van der Waals surface area contributed by atoms with E-state index in [4.69, 9.17) is 16.3 Å². The number of piperazine rings is 1. The molecule has 2 aliphatic heterocycles. The quantitative estimate of drug-likeness (QED) is 0.407. The summed E-state index contributed by atoms with van der Waals surface area (Å²) in [7, 11) is -2.77. The highest BCUT2D eigenvalue weighted by molar-refractivity contribution is 7.90. The predicted octanol–water partition coefficient (Wildman–Crippen LogP) is 2.33. The van der Waals surface area contributed by atoms with E-state index >= 15 is 0 Å². The highest BCUT2D eigenvalue weighted by Crippen LogP contribution is 2.25. The van der Waals surface area contributed by atoms with E-state index in [2.05, 4.69) is 16.7 Å². The summed E-state index contributed by atoms with van der Waals surface area (Å²) < 4.78 is 34.2. The average Bonchev–Trinajstić information content (AvgIpc) is 3.53. The van der Waals surface area contributed by atoms with Gasteiger partial charge in [0.1, 0.15) is 12.3 Å². The van der Waals surface area contributed by atoms with Crippen LogP contribution in [0.2, 0.25) is 5.02 Å². The topological polar surface area (TPSA) is 97.1 Å². The second kappa shape index (κ2) is 11.3. The molecule has 0 saturated carbocycles. The van der Waals surface area contributed by atoms with Crippen molar-refractivity contribution in [3.63, 3.8) is 0 Å². The van der Waals surface area contributed by atoms with Crippen LogP contribution in [0.3, 0.4) is 0 Å². The number of aromatic nitrogens is 2. The Morgan fingerprint density at radius 1 is 1.03 bits per heavy atom. The number of nitrogens with zero attached hydrogens (tertiary/aromatic N) is 5. The Hall–Kier alpha value is -2.86. The van der Waals surface area contributed by atoms with Crippen LogP contribution in [0, 0.1) is 0 Å².